The summed E-state index contributed by atoms with van der Waals surface area (Å²) in [5, 5.41) is 17.7. The third kappa shape index (κ3) is 3.80. The average molecular weight is 242 g/mol. The van der Waals surface area contributed by atoms with Gasteiger partial charge in [-0.15, -0.1) is 0 Å². The molecule has 94 valence electrons. The number of ether oxygens (including phenoxy) is 1. The van der Waals surface area contributed by atoms with Gasteiger partial charge in [-0.25, -0.2) is 9.18 Å². The van der Waals surface area contributed by atoms with Gasteiger partial charge in [-0.05, 0) is 24.6 Å². The lowest BCUT2D eigenvalue weighted by atomic mass is 9.96. The predicted octanol–water partition coefficient (Wildman–Crippen LogP) is 1.22. The van der Waals surface area contributed by atoms with Gasteiger partial charge in [0, 0.05) is 6.42 Å². The van der Waals surface area contributed by atoms with Gasteiger partial charge in [0.25, 0.3) is 0 Å². The molecule has 0 saturated carbocycles. The Bertz CT molecular complexity index is 394. The van der Waals surface area contributed by atoms with Crippen LogP contribution in [0.2, 0.25) is 0 Å². The number of aliphatic hydroxyl groups excluding tert-OH is 1. The number of rotatable bonds is 6. The first kappa shape index (κ1) is 13.6. The van der Waals surface area contributed by atoms with Gasteiger partial charge >= 0.3 is 5.97 Å². The van der Waals surface area contributed by atoms with Gasteiger partial charge in [0.2, 0.25) is 0 Å². The van der Waals surface area contributed by atoms with Crippen molar-refractivity contribution in [2.45, 2.75) is 18.9 Å². The lowest BCUT2D eigenvalue weighted by Gasteiger charge is -2.25. The molecule has 0 saturated heterocycles. The molecule has 0 fully saturated rings. The van der Waals surface area contributed by atoms with Crippen molar-refractivity contribution < 1.29 is 24.1 Å². The highest BCUT2D eigenvalue weighted by Gasteiger charge is 2.34. The summed E-state index contributed by atoms with van der Waals surface area (Å²) in [6.45, 7) is 1.07. The van der Waals surface area contributed by atoms with E-state index in [4.69, 9.17) is 14.9 Å². The smallest absolute Gasteiger partial charge is 0.336 e. The Labute approximate surface area is 98.7 Å². The van der Waals surface area contributed by atoms with Crippen LogP contribution in [0.4, 0.5) is 4.39 Å². The van der Waals surface area contributed by atoms with E-state index in [2.05, 4.69) is 0 Å². The molecule has 1 aromatic carbocycles. The summed E-state index contributed by atoms with van der Waals surface area (Å²) in [5.74, 6) is -1.56. The van der Waals surface area contributed by atoms with Crippen molar-refractivity contribution >= 4 is 5.97 Å². The highest BCUT2D eigenvalue weighted by molar-refractivity contribution is 5.77. The Morgan fingerprint density at radius 2 is 2.24 bits per heavy atom. The van der Waals surface area contributed by atoms with Crippen LogP contribution in [0, 0.1) is 5.82 Å². The van der Waals surface area contributed by atoms with Crippen LogP contribution in [0.3, 0.4) is 0 Å². The molecular formula is C12H15FO4. The maximum atomic E-state index is 13.0. The van der Waals surface area contributed by atoms with Crippen molar-refractivity contribution in [1.29, 1.82) is 0 Å². The summed E-state index contributed by atoms with van der Waals surface area (Å²) < 4.78 is 18.1. The van der Waals surface area contributed by atoms with Gasteiger partial charge < -0.3 is 14.9 Å². The van der Waals surface area contributed by atoms with Crippen LogP contribution in [0.1, 0.15) is 12.5 Å². The van der Waals surface area contributed by atoms with Crippen LogP contribution in [0.25, 0.3) is 0 Å². The monoisotopic (exact) mass is 242 g/mol. The number of carboxylic acid groups (broad SMARTS) is 1. The highest BCUT2D eigenvalue weighted by Crippen LogP contribution is 2.18. The maximum absolute atomic E-state index is 13.0. The molecule has 0 spiro atoms. The first-order valence-electron chi connectivity index (χ1n) is 5.20. The molecule has 1 aromatic rings. The van der Waals surface area contributed by atoms with Crippen molar-refractivity contribution in [3.63, 3.8) is 0 Å². The largest absolute Gasteiger partial charge is 0.479 e. The first-order valence-corrected chi connectivity index (χ1v) is 5.20. The third-order valence-corrected chi connectivity index (χ3v) is 2.39. The summed E-state index contributed by atoms with van der Waals surface area (Å²) in [6.07, 6.45) is 0.0418. The quantitative estimate of drug-likeness (QED) is 0.787. The van der Waals surface area contributed by atoms with Crippen LogP contribution >= 0.6 is 0 Å². The molecule has 0 amide bonds. The van der Waals surface area contributed by atoms with Crippen LogP contribution in [0.15, 0.2) is 24.3 Å². The second kappa shape index (κ2) is 5.75. The number of carbonyl (C=O) groups is 1. The van der Waals surface area contributed by atoms with Gasteiger partial charge in [0.1, 0.15) is 5.82 Å². The van der Waals surface area contributed by atoms with Gasteiger partial charge in [-0.1, -0.05) is 12.1 Å². The fraction of sp³-hybridized carbons (Fsp3) is 0.417. The van der Waals surface area contributed by atoms with Crippen LogP contribution in [0.5, 0.6) is 0 Å². The molecule has 1 rings (SSSR count). The number of halogens is 1. The number of benzene rings is 1. The number of aliphatic carboxylic acids is 1. The number of aliphatic hydroxyl groups is 1. The molecule has 1 unspecified atom stereocenters. The predicted molar refractivity (Wildman–Crippen MR) is 59.2 cm³/mol. The summed E-state index contributed by atoms with van der Waals surface area (Å²) in [4.78, 5) is 11.1. The van der Waals surface area contributed by atoms with Crippen molar-refractivity contribution in [2.24, 2.45) is 0 Å². The zero-order chi connectivity index (χ0) is 12.9. The minimum absolute atomic E-state index is 0.0418. The van der Waals surface area contributed by atoms with E-state index < -0.39 is 17.4 Å². The highest BCUT2D eigenvalue weighted by atomic mass is 19.1. The minimum atomic E-state index is -1.46. The SMILES string of the molecule is CC(Cc1cccc(F)c1)(OCCO)C(=O)O. The third-order valence-electron chi connectivity index (χ3n) is 2.39. The second-order valence-corrected chi connectivity index (χ2v) is 3.91. The summed E-state index contributed by atoms with van der Waals surface area (Å²) >= 11 is 0. The molecule has 0 aliphatic heterocycles. The lowest BCUT2D eigenvalue weighted by Crippen LogP contribution is -2.41. The minimum Gasteiger partial charge on any atom is -0.479 e. The van der Waals surface area contributed by atoms with E-state index in [9.17, 15) is 9.18 Å². The Balaban J connectivity index is 2.83. The molecule has 0 aromatic heterocycles. The second-order valence-electron chi connectivity index (χ2n) is 3.91. The van der Waals surface area contributed by atoms with Gasteiger partial charge in [-0.2, -0.15) is 0 Å². The normalized spacial score (nSPS) is 14.3. The van der Waals surface area contributed by atoms with Gasteiger partial charge in [0.05, 0.1) is 13.2 Å². The average Bonchev–Trinajstić information content (AvgIpc) is 2.26. The Hall–Kier alpha value is -1.46. The fourth-order valence-electron chi connectivity index (χ4n) is 1.50. The standard InChI is InChI=1S/C12H15FO4/c1-12(11(15)16,17-6-5-14)8-9-3-2-4-10(13)7-9/h2-4,7,14H,5-6,8H2,1H3,(H,15,16). The molecule has 0 aliphatic rings. The van der Waals surface area contributed by atoms with E-state index in [0.717, 1.165) is 0 Å². The van der Waals surface area contributed by atoms with Crippen LogP contribution < -0.4 is 0 Å². The molecular weight excluding hydrogens is 227 g/mol. The van der Waals surface area contributed by atoms with E-state index in [1.54, 1.807) is 6.07 Å². The summed E-state index contributed by atoms with van der Waals surface area (Å²) in [7, 11) is 0. The Morgan fingerprint density at radius 3 is 2.76 bits per heavy atom. The fourth-order valence-corrected chi connectivity index (χ4v) is 1.50. The molecule has 1 atom stereocenters. The van der Waals surface area contributed by atoms with E-state index in [1.165, 1.54) is 25.1 Å². The maximum Gasteiger partial charge on any atom is 0.336 e. The Kier molecular flexibility index (Phi) is 4.60. The molecule has 2 N–H and O–H groups in total. The van der Waals surface area contributed by atoms with Crippen molar-refractivity contribution in [2.75, 3.05) is 13.2 Å². The number of carboxylic acids is 1. The van der Waals surface area contributed by atoms with Crippen molar-refractivity contribution in [1.82, 2.24) is 0 Å². The van der Waals surface area contributed by atoms with Crippen LogP contribution in [-0.4, -0.2) is 35.0 Å². The lowest BCUT2D eigenvalue weighted by molar-refractivity contribution is -0.164. The van der Waals surface area contributed by atoms with Crippen molar-refractivity contribution in [3.05, 3.63) is 35.6 Å². The zero-order valence-electron chi connectivity index (χ0n) is 9.52. The molecule has 0 bridgehead atoms. The topological polar surface area (TPSA) is 66.8 Å². The van der Waals surface area contributed by atoms with E-state index in [-0.39, 0.29) is 19.6 Å². The molecule has 0 aliphatic carbocycles. The Morgan fingerprint density at radius 1 is 1.53 bits per heavy atom. The van der Waals surface area contributed by atoms with E-state index in [0.29, 0.717) is 5.56 Å². The molecule has 0 heterocycles. The van der Waals surface area contributed by atoms with Crippen LogP contribution in [-0.2, 0) is 16.0 Å². The molecule has 4 nitrogen and oxygen atoms in total. The molecule has 17 heavy (non-hydrogen) atoms. The zero-order valence-corrected chi connectivity index (χ0v) is 9.52. The molecule has 5 heteroatoms. The van der Waals surface area contributed by atoms with Crippen molar-refractivity contribution in [3.8, 4) is 0 Å². The first-order chi connectivity index (χ1) is 7.98. The molecule has 0 radical (unpaired) electrons. The number of hydrogen-bond donors (Lipinski definition) is 2. The van der Waals surface area contributed by atoms with Gasteiger partial charge in [0.15, 0.2) is 5.60 Å². The number of hydrogen-bond acceptors (Lipinski definition) is 3. The van der Waals surface area contributed by atoms with Gasteiger partial charge in [-0.3, -0.25) is 0 Å². The summed E-state index contributed by atoms with van der Waals surface area (Å²) in [5.41, 5.74) is -0.927. The van der Waals surface area contributed by atoms with E-state index >= 15 is 0 Å². The van der Waals surface area contributed by atoms with E-state index in [1.807, 2.05) is 0 Å². The summed E-state index contributed by atoms with van der Waals surface area (Å²) in [6, 6.07) is 5.70.